The first kappa shape index (κ1) is 8.43. The number of carbonyl (C=O) groups is 1. The van der Waals surface area contributed by atoms with Crippen LogP contribution in [-0.2, 0) is 4.79 Å². The molecule has 1 amide bonds. The van der Waals surface area contributed by atoms with Crippen LogP contribution in [0.2, 0.25) is 0 Å². The highest BCUT2D eigenvalue weighted by Crippen LogP contribution is 1.90. The minimum absolute atomic E-state index is 0.0278. The number of hydrogen-bond donors (Lipinski definition) is 1. The van der Waals surface area contributed by atoms with E-state index in [1.54, 1.807) is 0 Å². The molecule has 0 aromatic heterocycles. The van der Waals surface area contributed by atoms with Gasteiger partial charge in [0.15, 0.2) is 0 Å². The van der Waals surface area contributed by atoms with Crippen molar-refractivity contribution < 1.29 is 4.79 Å². The Labute approximate surface area is 55.8 Å². The SMILES string of the molecule is CCCC(=O)N(N)CC. The van der Waals surface area contributed by atoms with Crippen LogP contribution in [0.15, 0.2) is 0 Å². The summed E-state index contributed by atoms with van der Waals surface area (Å²) in [4.78, 5) is 10.8. The number of rotatable bonds is 3. The molecule has 0 aromatic rings. The third kappa shape index (κ3) is 3.08. The van der Waals surface area contributed by atoms with Crippen molar-refractivity contribution in [3.8, 4) is 0 Å². The molecule has 2 N–H and O–H groups in total. The number of hydrogen-bond acceptors (Lipinski definition) is 2. The molecule has 9 heavy (non-hydrogen) atoms. The molecular formula is C6H14N2O. The van der Waals surface area contributed by atoms with E-state index in [9.17, 15) is 4.79 Å². The first-order valence-corrected chi connectivity index (χ1v) is 3.27. The standard InChI is InChI=1S/C6H14N2O/c1-3-5-6(9)8(7)4-2/h3-5,7H2,1-2H3. The van der Waals surface area contributed by atoms with Gasteiger partial charge in [0.1, 0.15) is 0 Å². The average Bonchev–Trinajstić information content (AvgIpc) is 1.87. The number of nitrogens with two attached hydrogens (primary N) is 1. The van der Waals surface area contributed by atoms with Crippen molar-refractivity contribution in [2.24, 2.45) is 5.84 Å². The van der Waals surface area contributed by atoms with Crippen LogP contribution in [0.1, 0.15) is 26.7 Å². The number of hydrazine groups is 1. The van der Waals surface area contributed by atoms with E-state index in [0.717, 1.165) is 6.42 Å². The maximum atomic E-state index is 10.8. The quantitative estimate of drug-likeness (QED) is 0.343. The van der Waals surface area contributed by atoms with Crippen molar-refractivity contribution in [1.82, 2.24) is 5.01 Å². The normalized spacial score (nSPS) is 9.22. The highest BCUT2D eigenvalue weighted by atomic mass is 16.2. The highest BCUT2D eigenvalue weighted by molar-refractivity contribution is 5.75. The zero-order chi connectivity index (χ0) is 7.28. The third-order valence-electron chi connectivity index (χ3n) is 1.12. The van der Waals surface area contributed by atoms with Crippen LogP contribution in [-0.4, -0.2) is 17.5 Å². The molecule has 0 heterocycles. The summed E-state index contributed by atoms with van der Waals surface area (Å²) in [6, 6.07) is 0. The molecule has 0 aliphatic carbocycles. The van der Waals surface area contributed by atoms with Crippen LogP contribution < -0.4 is 5.84 Å². The summed E-state index contributed by atoms with van der Waals surface area (Å²) in [6.07, 6.45) is 1.43. The molecule has 0 fully saturated rings. The van der Waals surface area contributed by atoms with Gasteiger partial charge in [0.05, 0.1) is 0 Å². The molecule has 0 aliphatic heterocycles. The molecule has 3 nitrogen and oxygen atoms in total. The fourth-order valence-electron chi connectivity index (χ4n) is 0.534. The van der Waals surface area contributed by atoms with Crippen LogP contribution >= 0.6 is 0 Å². The first-order chi connectivity index (χ1) is 4.22. The Morgan fingerprint density at radius 1 is 1.56 bits per heavy atom. The predicted molar refractivity (Wildman–Crippen MR) is 36.5 cm³/mol. The highest BCUT2D eigenvalue weighted by Gasteiger charge is 2.03. The topological polar surface area (TPSA) is 46.3 Å². The largest absolute Gasteiger partial charge is 0.281 e. The molecule has 0 aromatic carbocycles. The monoisotopic (exact) mass is 130 g/mol. The van der Waals surface area contributed by atoms with Crippen molar-refractivity contribution in [3.63, 3.8) is 0 Å². The van der Waals surface area contributed by atoms with Crippen molar-refractivity contribution in [1.29, 1.82) is 0 Å². The second kappa shape index (κ2) is 4.32. The molecule has 0 atom stereocenters. The summed E-state index contributed by atoms with van der Waals surface area (Å²) in [5.41, 5.74) is 0. The Morgan fingerprint density at radius 3 is 2.44 bits per heavy atom. The van der Waals surface area contributed by atoms with Gasteiger partial charge in [0, 0.05) is 13.0 Å². The molecule has 54 valence electrons. The van der Waals surface area contributed by atoms with Crippen LogP contribution in [0.25, 0.3) is 0 Å². The lowest BCUT2D eigenvalue weighted by molar-refractivity contribution is -0.131. The molecule has 0 aliphatic rings. The zero-order valence-electron chi connectivity index (χ0n) is 6.05. The van der Waals surface area contributed by atoms with E-state index in [1.165, 1.54) is 5.01 Å². The van der Waals surface area contributed by atoms with Gasteiger partial charge in [-0.2, -0.15) is 0 Å². The van der Waals surface area contributed by atoms with E-state index in [4.69, 9.17) is 5.84 Å². The summed E-state index contributed by atoms with van der Waals surface area (Å²) in [6.45, 7) is 4.41. The van der Waals surface area contributed by atoms with Crippen LogP contribution in [0.4, 0.5) is 0 Å². The van der Waals surface area contributed by atoms with Gasteiger partial charge < -0.3 is 0 Å². The Bertz CT molecular complexity index is 93.1. The number of amides is 1. The third-order valence-corrected chi connectivity index (χ3v) is 1.12. The second-order valence-electron chi connectivity index (χ2n) is 1.93. The summed E-state index contributed by atoms with van der Waals surface area (Å²) < 4.78 is 0. The maximum Gasteiger partial charge on any atom is 0.236 e. The van der Waals surface area contributed by atoms with E-state index in [-0.39, 0.29) is 5.91 Å². The Morgan fingerprint density at radius 2 is 2.11 bits per heavy atom. The minimum Gasteiger partial charge on any atom is -0.281 e. The molecule has 0 rings (SSSR count). The van der Waals surface area contributed by atoms with Crippen LogP contribution in [0.3, 0.4) is 0 Å². The van der Waals surface area contributed by atoms with Gasteiger partial charge in [0.25, 0.3) is 0 Å². The van der Waals surface area contributed by atoms with Gasteiger partial charge in [-0.05, 0) is 13.3 Å². The lowest BCUT2D eigenvalue weighted by Crippen LogP contribution is -2.36. The molecule has 3 heteroatoms. The number of nitrogens with zero attached hydrogens (tertiary/aromatic N) is 1. The Kier molecular flexibility index (Phi) is 4.05. The lowest BCUT2D eigenvalue weighted by atomic mass is 10.3. The van der Waals surface area contributed by atoms with E-state index < -0.39 is 0 Å². The van der Waals surface area contributed by atoms with Crippen molar-refractivity contribution >= 4 is 5.91 Å². The molecule has 0 saturated carbocycles. The van der Waals surface area contributed by atoms with Crippen LogP contribution in [0, 0.1) is 0 Å². The van der Waals surface area contributed by atoms with Gasteiger partial charge in [0.2, 0.25) is 5.91 Å². The van der Waals surface area contributed by atoms with Crippen molar-refractivity contribution in [3.05, 3.63) is 0 Å². The molecule has 0 bridgehead atoms. The fraction of sp³-hybridized carbons (Fsp3) is 0.833. The van der Waals surface area contributed by atoms with Gasteiger partial charge >= 0.3 is 0 Å². The van der Waals surface area contributed by atoms with E-state index in [2.05, 4.69) is 0 Å². The van der Waals surface area contributed by atoms with Crippen molar-refractivity contribution in [2.45, 2.75) is 26.7 Å². The summed E-state index contributed by atoms with van der Waals surface area (Å²) >= 11 is 0. The van der Waals surface area contributed by atoms with E-state index in [0.29, 0.717) is 13.0 Å². The minimum atomic E-state index is 0.0278. The molecule has 0 saturated heterocycles. The Hall–Kier alpha value is -0.570. The lowest BCUT2D eigenvalue weighted by Gasteiger charge is -2.12. The smallest absolute Gasteiger partial charge is 0.236 e. The maximum absolute atomic E-state index is 10.8. The molecule has 0 unspecified atom stereocenters. The predicted octanol–water partition coefficient (Wildman–Crippen LogP) is 0.509. The number of carbonyl (C=O) groups excluding carboxylic acids is 1. The zero-order valence-corrected chi connectivity index (χ0v) is 6.05. The fourth-order valence-corrected chi connectivity index (χ4v) is 0.534. The Balaban J connectivity index is 3.46. The molecular weight excluding hydrogens is 116 g/mol. The van der Waals surface area contributed by atoms with E-state index in [1.807, 2.05) is 13.8 Å². The summed E-state index contributed by atoms with van der Waals surface area (Å²) in [7, 11) is 0. The van der Waals surface area contributed by atoms with Gasteiger partial charge in [-0.3, -0.25) is 9.80 Å². The molecule has 0 spiro atoms. The first-order valence-electron chi connectivity index (χ1n) is 3.27. The van der Waals surface area contributed by atoms with E-state index >= 15 is 0 Å². The van der Waals surface area contributed by atoms with Crippen LogP contribution in [0.5, 0.6) is 0 Å². The second-order valence-corrected chi connectivity index (χ2v) is 1.93. The van der Waals surface area contributed by atoms with Gasteiger partial charge in [-0.15, -0.1) is 0 Å². The van der Waals surface area contributed by atoms with Crippen molar-refractivity contribution in [2.75, 3.05) is 6.54 Å². The summed E-state index contributed by atoms with van der Waals surface area (Å²) in [5, 5.41) is 1.24. The average molecular weight is 130 g/mol. The van der Waals surface area contributed by atoms with Gasteiger partial charge in [-0.25, -0.2) is 5.84 Å². The molecule has 0 radical (unpaired) electrons. The summed E-state index contributed by atoms with van der Waals surface area (Å²) in [5.74, 6) is 5.31. The van der Waals surface area contributed by atoms with Gasteiger partial charge in [-0.1, -0.05) is 6.92 Å².